The average Bonchev–Trinajstić information content (AvgIpc) is 3.01. The molecule has 2 aromatic rings. The van der Waals surface area contributed by atoms with E-state index < -0.39 is 5.54 Å². The summed E-state index contributed by atoms with van der Waals surface area (Å²) in [5, 5.41) is 0. The number of cyclic esters (lactones) is 1. The lowest BCUT2D eigenvalue weighted by Crippen LogP contribution is -2.57. The quantitative estimate of drug-likeness (QED) is 0.821. The summed E-state index contributed by atoms with van der Waals surface area (Å²) in [5.41, 5.74) is 8.26. The molecule has 2 heterocycles. The molecule has 4 rings (SSSR count). The Morgan fingerprint density at radius 1 is 0.963 bits per heavy atom. The number of nitrogen functional groups attached to an aromatic ring is 1. The smallest absolute Gasteiger partial charge is 0.415 e. The van der Waals surface area contributed by atoms with Crippen LogP contribution < -0.4 is 10.6 Å². The zero-order chi connectivity index (χ0) is 18.7. The van der Waals surface area contributed by atoms with E-state index in [-0.39, 0.29) is 6.09 Å². The highest BCUT2D eigenvalue weighted by atomic mass is 16.6. The van der Waals surface area contributed by atoms with Crippen LogP contribution in [0.1, 0.15) is 24.8 Å². The van der Waals surface area contributed by atoms with Gasteiger partial charge in [0.25, 0.3) is 0 Å². The minimum atomic E-state index is -0.411. The first-order valence-electron chi connectivity index (χ1n) is 9.75. The number of likely N-dealkylation sites (tertiary alicyclic amines) is 1. The van der Waals surface area contributed by atoms with Gasteiger partial charge in [0.05, 0.1) is 0 Å². The highest BCUT2D eigenvalue weighted by molar-refractivity contribution is 5.91. The standard InChI is InChI=1S/C22H27N3O2/c23-19-11-9-18(10-12-19)15-22(16-24-13-5-2-6-14-24)17-27-21(26)25(22)20-7-3-1-4-8-20/h1,3-4,7-12H,2,5-6,13-17,23H2. The molecule has 2 saturated heterocycles. The van der Waals surface area contributed by atoms with Crippen LogP contribution >= 0.6 is 0 Å². The molecule has 0 aliphatic carbocycles. The maximum absolute atomic E-state index is 12.7. The van der Waals surface area contributed by atoms with Crippen LogP contribution in [0.15, 0.2) is 54.6 Å². The normalized spacial score (nSPS) is 23.4. The first-order chi connectivity index (χ1) is 13.2. The number of nitrogens with zero attached hydrogens (tertiary/aromatic N) is 2. The van der Waals surface area contributed by atoms with Gasteiger partial charge in [-0.1, -0.05) is 36.8 Å². The molecule has 0 saturated carbocycles. The third kappa shape index (κ3) is 3.78. The van der Waals surface area contributed by atoms with Gasteiger partial charge in [-0.05, 0) is 55.8 Å². The SMILES string of the molecule is Nc1ccc(CC2(CN3CCCCC3)COC(=O)N2c2ccccc2)cc1. The number of para-hydroxylation sites is 1. The fourth-order valence-electron chi connectivity index (χ4n) is 4.33. The van der Waals surface area contributed by atoms with Gasteiger partial charge in [-0.2, -0.15) is 0 Å². The number of carbonyl (C=O) groups is 1. The lowest BCUT2D eigenvalue weighted by atomic mass is 9.88. The number of benzene rings is 2. The summed E-state index contributed by atoms with van der Waals surface area (Å²) in [4.78, 5) is 17.1. The maximum Gasteiger partial charge on any atom is 0.415 e. The molecule has 0 radical (unpaired) electrons. The summed E-state index contributed by atoms with van der Waals surface area (Å²) in [6, 6.07) is 17.8. The fourth-order valence-corrected chi connectivity index (χ4v) is 4.33. The van der Waals surface area contributed by atoms with E-state index in [2.05, 4.69) is 17.0 Å². The topological polar surface area (TPSA) is 58.8 Å². The van der Waals surface area contributed by atoms with Gasteiger partial charge in [0.15, 0.2) is 0 Å². The first-order valence-corrected chi connectivity index (χ1v) is 9.75. The van der Waals surface area contributed by atoms with Gasteiger partial charge >= 0.3 is 6.09 Å². The molecule has 5 heteroatoms. The number of rotatable bonds is 5. The Bertz CT molecular complexity index is 772. The monoisotopic (exact) mass is 365 g/mol. The van der Waals surface area contributed by atoms with E-state index in [9.17, 15) is 4.79 Å². The van der Waals surface area contributed by atoms with Gasteiger partial charge in [-0.15, -0.1) is 0 Å². The third-order valence-corrected chi connectivity index (χ3v) is 5.62. The highest BCUT2D eigenvalue weighted by Crippen LogP contribution is 2.35. The second kappa shape index (κ2) is 7.61. The molecule has 142 valence electrons. The molecular weight excluding hydrogens is 338 g/mol. The van der Waals surface area contributed by atoms with Gasteiger partial charge in [0, 0.05) is 24.3 Å². The van der Waals surface area contributed by atoms with Crippen LogP contribution in [-0.4, -0.2) is 42.8 Å². The summed E-state index contributed by atoms with van der Waals surface area (Å²) in [5.74, 6) is 0. The number of anilines is 2. The van der Waals surface area contributed by atoms with Crippen LogP contribution in [0.3, 0.4) is 0 Å². The molecular formula is C22H27N3O2. The number of nitrogens with two attached hydrogens (primary N) is 1. The Kier molecular flexibility index (Phi) is 5.03. The van der Waals surface area contributed by atoms with Gasteiger partial charge in [0.1, 0.15) is 12.1 Å². The van der Waals surface area contributed by atoms with Crippen LogP contribution in [0.25, 0.3) is 0 Å². The Balaban J connectivity index is 1.69. The van der Waals surface area contributed by atoms with E-state index in [0.29, 0.717) is 6.61 Å². The summed E-state index contributed by atoms with van der Waals surface area (Å²) in [6.45, 7) is 3.39. The minimum absolute atomic E-state index is 0.256. The minimum Gasteiger partial charge on any atom is -0.447 e. The molecule has 1 unspecified atom stereocenters. The van der Waals surface area contributed by atoms with Gasteiger partial charge in [-0.3, -0.25) is 4.90 Å². The van der Waals surface area contributed by atoms with Crippen LogP contribution in [0.5, 0.6) is 0 Å². The summed E-state index contributed by atoms with van der Waals surface area (Å²) >= 11 is 0. The van der Waals surface area contributed by atoms with Crippen molar-refractivity contribution < 1.29 is 9.53 Å². The van der Waals surface area contributed by atoms with E-state index in [1.807, 2.05) is 47.4 Å². The zero-order valence-electron chi connectivity index (χ0n) is 15.6. The van der Waals surface area contributed by atoms with Crippen molar-refractivity contribution >= 4 is 17.5 Å². The van der Waals surface area contributed by atoms with E-state index in [1.165, 1.54) is 24.8 Å². The van der Waals surface area contributed by atoms with Crippen molar-refractivity contribution in [3.8, 4) is 0 Å². The Hall–Kier alpha value is -2.53. The molecule has 2 aliphatic heterocycles. The number of carbonyl (C=O) groups excluding carboxylic acids is 1. The first kappa shape index (κ1) is 17.9. The molecule has 1 amide bonds. The molecule has 27 heavy (non-hydrogen) atoms. The molecule has 2 N–H and O–H groups in total. The Morgan fingerprint density at radius 2 is 1.67 bits per heavy atom. The van der Waals surface area contributed by atoms with Crippen molar-refractivity contribution in [1.82, 2.24) is 4.90 Å². The number of hydrogen-bond donors (Lipinski definition) is 1. The van der Waals surface area contributed by atoms with E-state index >= 15 is 0 Å². The van der Waals surface area contributed by atoms with Crippen molar-refractivity contribution in [2.45, 2.75) is 31.2 Å². The second-order valence-corrected chi connectivity index (χ2v) is 7.71. The van der Waals surface area contributed by atoms with Crippen molar-refractivity contribution in [2.75, 3.05) is 36.9 Å². The van der Waals surface area contributed by atoms with Crippen LogP contribution in [0.4, 0.5) is 16.2 Å². The maximum atomic E-state index is 12.7. The number of hydrogen-bond acceptors (Lipinski definition) is 4. The molecule has 5 nitrogen and oxygen atoms in total. The average molecular weight is 365 g/mol. The van der Waals surface area contributed by atoms with Crippen molar-refractivity contribution in [3.05, 3.63) is 60.2 Å². The molecule has 2 aromatic carbocycles. The largest absolute Gasteiger partial charge is 0.447 e. The van der Waals surface area contributed by atoms with Gasteiger partial charge < -0.3 is 15.4 Å². The van der Waals surface area contributed by atoms with Crippen molar-refractivity contribution in [1.29, 1.82) is 0 Å². The predicted molar refractivity (Wildman–Crippen MR) is 108 cm³/mol. The van der Waals surface area contributed by atoms with Crippen LogP contribution in [0, 0.1) is 0 Å². The van der Waals surface area contributed by atoms with E-state index in [1.54, 1.807) is 0 Å². The lowest BCUT2D eigenvalue weighted by molar-refractivity contribution is 0.145. The lowest BCUT2D eigenvalue weighted by Gasteiger charge is -2.41. The predicted octanol–water partition coefficient (Wildman–Crippen LogP) is 3.69. The number of ether oxygens (including phenoxy) is 1. The van der Waals surface area contributed by atoms with Crippen LogP contribution in [-0.2, 0) is 11.2 Å². The van der Waals surface area contributed by atoms with E-state index in [4.69, 9.17) is 10.5 Å². The number of amides is 1. The van der Waals surface area contributed by atoms with Crippen LogP contribution in [0.2, 0.25) is 0 Å². The number of piperidine rings is 1. The second-order valence-electron chi connectivity index (χ2n) is 7.71. The Labute approximate surface area is 160 Å². The molecule has 0 aromatic heterocycles. The molecule has 0 bridgehead atoms. The Morgan fingerprint density at radius 3 is 2.37 bits per heavy atom. The summed E-state index contributed by atoms with van der Waals surface area (Å²) < 4.78 is 5.61. The van der Waals surface area contributed by atoms with Crippen molar-refractivity contribution in [2.24, 2.45) is 0 Å². The van der Waals surface area contributed by atoms with Gasteiger partial charge in [-0.25, -0.2) is 4.79 Å². The summed E-state index contributed by atoms with van der Waals surface area (Å²) in [6.07, 6.45) is 4.22. The third-order valence-electron chi connectivity index (χ3n) is 5.62. The van der Waals surface area contributed by atoms with Crippen molar-refractivity contribution in [3.63, 3.8) is 0 Å². The molecule has 2 aliphatic rings. The van der Waals surface area contributed by atoms with E-state index in [0.717, 1.165) is 37.4 Å². The molecule has 1 atom stereocenters. The van der Waals surface area contributed by atoms with Gasteiger partial charge in [0.2, 0.25) is 0 Å². The summed E-state index contributed by atoms with van der Waals surface area (Å²) in [7, 11) is 0. The highest BCUT2D eigenvalue weighted by Gasteiger charge is 2.49. The fraction of sp³-hybridized carbons (Fsp3) is 0.409. The molecule has 0 spiro atoms. The molecule has 2 fully saturated rings. The zero-order valence-corrected chi connectivity index (χ0v) is 15.6.